The number of hydrogen-bond acceptors (Lipinski definition) is 1. The largest absolute Gasteiger partial charge is 0.299 e. The fourth-order valence-electron chi connectivity index (χ4n) is 0.908. The highest BCUT2D eigenvalue weighted by molar-refractivity contribution is 14.1. The number of halogens is 1. The lowest BCUT2D eigenvalue weighted by Gasteiger charge is -2.16. The summed E-state index contributed by atoms with van der Waals surface area (Å²) in [6.45, 7) is 5.83. The predicted octanol–water partition coefficient (Wildman–Crippen LogP) is 1.61. The lowest BCUT2D eigenvalue weighted by molar-refractivity contribution is 0.488. The number of aromatic amines is 1. The molecule has 3 nitrogen and oxygen atoms in total. The molecule has 0 fully saturated rings. The van der Waals surface area contributed by atoms with Gasteiger partial charge in [-0.1, -0.05) is 22.6 Å². The summed E-state index contributed by atoms with van der Waals surface area (Å²) in [6.07, 6.45) is 0. The maximum Gasteiger partial charge on any atom is 0.267 e. The molecule has 0 aliphatic carbocycles. The summed E-state index contributed by atoms with van der Waals surface area (Å²) in [6, 6.07) is 1.60. The van der Waals surface area contributed by atoms with E-state index >= 15 is 0 Å². The molecule has 4 heteroatoms. The molecule has 1 aromatic rings. The molecule has 0 unspecified atom stereocenters. The average molecular weight is 266 g/mol. The van der Waals surface area contributed by atoms with E-state index in [1.54, 1.807) is 10.7 Å². The molecule has 1 aromatic heterocycles. The summed E-state index contributed by atoms with van der Waals surface area (Å²) >= 11 is 2.21. The van der Waals surface area contributed by atoms with Gasteiger partial charge in [0.1, 0.15) is 3.55 Å². The van der Waals surface area contributed by atoms with Gasteiger partial charge in [0.15, 0.2) is 0 Å². The normalized spacial score (nSPS) is 12.0. The smallest absolute Gasteiger partial charge is 0.267 e. The highest BCUT2D eigenvalue weighted by atomic mass is 127. The third-order valence-corrected chi connectivity index (χ3v) is 1.86. The molecule has 0 spiro atoms. The summed E-state index contributed by atoms with van der Waals surface area (Å²) in [5.74, 6) is 0. The fourth-order valence-corrected chi connectivity index (χ4v) is 1.27. The van der Waals surface area contributed by atoms with Crippen molar-refractivity contribution < 1.29 is 0 Å². The van der Waals surface area contributed by atoms with Crippen molar-refractivity contribution in [2.75, 3.05) is 0 Å². The highest BCUT2D eigenvalue weighted by Crippen LogP contribution is 2.20. The first-order valence-corrected chi connectivity index (χ1v) is 4.47. The number of hydrogen-bond donors (Lipinski definition) is 1. The van der Waals surface area contributed by atoms with E-state index in [4.69, 9.17) is 0 Å². The number of rotatable bonds is 1. The third-order valence-electron chi connectivity index (χ3n) is 1.38. The minimum absolute atomic E-state index is 0.0295. The number of nitrogens with zero attached hydrogens (tertiary/aromatic N) is 1. The molecule has 0 aliphatic heterocycles. The summed E-state index contributed by atoms with van der Waals surface area (Å²) < 4.78 is 1.44. The van der Waals surface area contributed by atoms with Gasteiger partial charge in [-0.2, -0.15) is 0 Å². The van der Waals surface area contributed by atoms with Gasteiger partial charge < -0.3 is 0 Å². The van der Waals surface area contributed by atoms with E-state index < -0.39 is 0 Å². The van der Waals surface area contributed by atoms with Crippen LogP contribution >= 0.6 is 22.6 Å². The Labute approximate surface area is 78.9 Å². The molecule has 11 heavy (non-hydrogen) atoms. The zero-order chi connectivity index (χ0) is 8.65. The van der Waals surface area contributed by atoms with Crippen LogP contribution in [0.25, 0.3) is 0 Å². The van der Waals surface area contributed by atoms with Crippen molar-refractivity contribution in [1.82, 2.24) is 9.78 Å². The Bertz CT molecular complexity index is 305. The second kappa shape index (κ2) is 2.66. The topological polar surface area (TPSA) is 37.8 Å². The Kier molecular flexibility index (Phi) is 2.13. The van der Waals surface area contributed by atoms with Crippen LogP contribution in [-0.2, 0) is 3.55 Å². The average Bonchev–Trinajstić information content (AvgIpc) is 2.08. The summed E-state index contributed by atoms with van der Waals surface area (Å²) in [5, 5.41) is 2.98. The van der Waals surface area contributed by atoms with Crippen LogP contribution < -0.4 is 5.56 Å². The molecule has 0 bridgehead atoms. The second-order valence-electron chi connectivity index (χ2n) is 3.02. The zero-order valence-corrected chi connectivity index (χ0v) is 8.97. The molecule has 0 aliphatic rings. The quantitative estimate of drug-likeness (QED) is 0.608. The lowest BCUT2D eigenvalue weighted by Crippen LogP contribution is -2.29. The number of alkyl halides is 1. The van der Waals surface area contributed by atoms with Crippen LogP contribution in [0.15, 0.2) is 10.9 Å². The molecule has 0 saturated heterocycles. The SMILES string of the molecule is Cc1cc(=O)n(C(C)(C)I)[nH]1. The van der Waals surface area contributed by atoms with E-state index in [9.17, 15) is 4.79 Å². The summed E-state index contributed by atoms with van der Waals surface area (Å²) in [7, 11) is 0. The van der Waals surface area contributed by atoms with Crippen molar-refractivity contribution in [3.05, 3.63) is 22.1 Å². The Morgan fingerprint density at radius 3 is 2.36 bits per heavy atom. The van der Waals surface area contributed by atoms with Gasteiger partial charge >= 0.3 is 0 Å². The van der Waals surface area contributed by atoms with E-state index in [2.05, 4.69) is 27.7 Å². The van der Waals surface area contributed by atoms with Crippen molar-refractivity contribution in [3.8, 4) is 0 Å². The first-order chi connectivity index (χ1) is 4.91. The minimum Gasteiger partial charge on any atom is -0.299 e. The van der Waals surface area contributed by atoms with E-state index in [1.165, 1.54) is 0 Å². The van der Waals surface area contributed by atoms with Crippen molar-refractivity contribution in [2.45, 2.75) is 24.3 Å². The molecule has 62 valence electrons. The molecule has 1 rings (SSSR count). The van der Waals surface area contributed by atoms with Gasteiger partial charge in [0.2, 0.25) is 0 Å². The predicted molar refractivity (Wildman–Crippen MR) is 53.1 cm³/mol. The van der Waals surface area contributed by atoms with Crippen LogP contribution in [0.1, 0.15) is 19.5 Å². The maximum absolute atomic E-state index is 11.2. The molecule has 1 N–H and O–H groups in total. The Hall–Kier alpha value is -0.260. The summed E-state index contributed by atoms with van der Waals surface area (Å²) in [5.41, 5.74) is 0.932. The van der Waals surface area contributed by atoms with E-state index in [1.807, 2.05) is 20.8 Å². The molecule has 0 amide bonds. The molecular weight excluding hydrogens is 255 g/mol. The van der Waals surface area contributed by atoms with Crippen LogP contribution in [0, 0.1) is 6.92 Å². The molecule has 0 saturated carbocycles. The van der Waals surface area contributed by atoms with Gasteiger partial charge in [-0.3, -0.25) is 9.89 Å². The van der Waals surface area contributed by atoms with Crippen molar-refractivity contribution >= 4 is 22.6 Å². The maximum atomic E-state index is 11.2. The van der Waals surface area contributed by atoms with Gasteiger partial charge in [-0.25, -0.2) is 4.68 Å². The van der Waals surface area contributed by atoms with Gasteiger partial charge in [-0.05, 0) is 20.8 Å². The number of aromatic nitrogens is 2. The zero-order valence-electron chi connectivity index (χ0n) is 6.81. The van der Waals surface area contributed by atoms with Crippen LogP contribution in [0.5, 0.6) is 0 Å². The van der Waals surface area contributed by atoms with Gasteiger partial charge in [0, 0.05) is 11.8 Å². The first-order valence-electron chi connectivity index (χ1n) is 3.39. The van der Waals surface area contributed by atoms with Crippen LogP contribution in [0.3, 0.4) is 0 Å². The van der Waals surface area contributed by atoms with E-state index in [-0.39, 0.29) is 9.10 Å². The molecule has 0 atom stereocenters. The Balaban J connectivity index is 3.25. The number of nitrogens with one attached hydrogen (secondary N) is 1. The van der Waals surface area contributed by atoms with E-state index in [0.29, 0.717) is 0 Å². The van der Waals surface area contributed by atoms with Crippen LogP contribution in [0.2, 0.25) is 0 Å². The van der Waals surface area contributed by atoms with Gasteiger partial charge in [0.05, 0.1) is 0 Å². The third kappa shape index (κ3) is 1.85. The standard InChI is InChI=1S/C7H11IN2O/c1-5-4-6(11)10(9-5)7(2,3)8/h4,9H,1-3H3. The van der Waals surface area contributed by atoms with Crippen LogP contribution in [0.4, 0.5) is 0 Å². The molecule has 0 aromatic carbocycles. The number of H-pyrrole nitrogens is 1. The fraction of sp³-hybridized carbons (Fsp3) is 0.571. The molecule has 1 heterocycles. The molecule has 0 radical (unpaired) electrons. The Morgan fingerprint density at radius 1 is 1.64 bits per heavy atom. The monoisotopic (exact) mass is 266 g/mol. The summed E-state index contributed by atoms with van der Waals surface area (Å²) in [4.78, 5) is 11.2. The first kappa shape index (κ1) is 8.83. The van der Waals surface area contributed by atoms with Crippen molar-refractivity contribution in [3.63, 3.8) is 0 Å². The highest BCUT2D eigenvalue weighted by Gasteiger charge is 2.17. The molecular formula is C7H11IN2O. The van der Waals surface area contributed by atoms with Gasteiger partial charge in [0.25, 0.3) is 5.56 Å². The Morgan fingerprint density at radius 2 is 2.18 bits per heavy atom. The van der Waals surface area contributed by atoms with Gasteiger partial charge in [-0.15, -0.1) is 0 Å². The minimum atomic E-state index is -0.177. The van der Waals surface area contributed by atoms with Crippen LogP contribution in [-0.4, -0.2) is 9.78 Å². The second-order valence-corrected chi connectivity index (χ2v) is 5.66. The van der Waals surface area contributed by atoms with Crippen molar-refractivity contribution in [2.24, 2.45) is 0 Å². The van der Waals surface area contributed by atoms with E-state index in [0.717, 1.165) is 5.69 Å². The van der Waals surface area contributed by atoms with Crippen molar-refractivity contribution in [1.29, 1.82) is 0 Å². The number of aryl methyl sites for hydroxylation is 1. The lowest BCUT2D eigenvalue weighted by atomic mass is 10.4.